The van der Waals surface area contributed by atoms with Crippen LogP contribution in [0.2, 0.25) is 0 Å². The number of hydrogen-bond donors (Lipinski definition) is 0. The molecule has 32 heavy (non-hydrogen) atoms. The minimum Gasteiger partial charge on any atom is -0.490 e. The number of imidazole rings is 1. The van der Waals surface area contributed by atoms with Gasteiger partial charge < -0.3 is 18.9 Å². The van der Waals surface area contributed by atoms with Crippen LogP contribution in [0.25, 0.3) is 0 Å². The summed E-state index contributed by atoms with van der Waals surface area (Å²) in [6.45, 7) is 2.33. The summed E-state index contributed by atoms with van der Waals surface area (Å²) in [7, 11) is -3.67. The van der Waals surface area contributed by atoms with Crippen LogP contribution in [0.5, 0.6) is 11.5 Å². The van der Waals surface area contributed by atoms with Crippen molar-refractivity contribution in [3.8, 4) is 11.5 Å². The van der Waals surface area contributed by atoms with E-state index in [0.717, 1.165) is 24.4 Å². The molecule has 1 aromatic carbocycles. The number of amides is 1. The molecule has 2 aromatic rings. The molecular weight excluding hydrogens is 452 g/mol. The van der Waals surface area contributed by atoms with Gasteiger partial charge in [-0.05, 0) is 25.0 Å². The van der Waals surface area contributed by atoms with E-state index in [4.69, 9.17) is 9.47 Å². The zero-order chi connectivity index (χ0) is 22.1. The molecule has 172 valence electrons. The zero-order valence-corrected chi connectivity index (χ0v) is 19.3. The largest absolute Gasteiger partial charge is 0.490 e. The van der Waals surface area contributed by atoms with Crippen LogP contribution in [-0.2, 0) is 14.8 Å². The SMILES string of the molecule is O=C(CSc1nccn1C1CC1)N1CCN(S(=O)(=O)c2ccc3c(c2)OCCCO3)CC1. The molecule has 5 rings (SSSR count). The number of hydrogen-bond acceptors (Lipinski definition) is 7. The van der Waals surface area contributed by atoms with Gasteiger partial charge in [0, 0.05) is 57.1 Å². The Morgan fingerprint density at radius 2 is 1.84 bits per heavy atom. The van der Waals surface area contributed by atoms with Crippen LogP contribution in [0.4, 0.5) is 0 Å². The number of rotatable bonds is 6. The van der Waals surface area contributed by atoms with Crippen LogP contribution in [0.1, 0.15) is 25.3 Å². The zero-order valence-electron chi connectivity index (χ0n) is 17.7. The Bertz CT molecular complexity index is 1090. The molecule has 1 aromatic heterocycles. The van der Waals surface area contributed by atoms with Gasteiger partial charge >= 0.3 is 0 Å². The van der Waals surface area contributed by atoms with Crippen LogP contribution < -0.4 is 9.47 Å². The number of carbonyl (C=O) groups excluding carboxylic acids is 1. The van der Waals surface area contributed by atoms with Crippen LogP contribution >= 0.6 is 11.8 Å². The fraction of sp³-hybridized carbons (Fsp3) is 0.524. The van der Waals surface area contributed by atoms with E-state index in [0.29, 0.717) is 49.6 Å². The second kappa shape index (κ2) is 8.95. The Labute approximate surface area is 191 Å². The predicted molar refractivity (Wildman–Crippen MR) is 119 cm³/mol. The smallest absolute Gasteiger partial charge is 0.243 e. The van der Waals surface area contributed by atoms with Crippen molar-refractivity contribution in [3.05, 3.63) is 30.6 Å². The topological polar surface area (TPSA) is 94.0 Å². The van der Waals surface area contributed by atoms with Gasteiger partial charge in [0.15, 0.2) is 16.7 Å². The second-order valence-corrected chi connectivity index (χ2v) is 11.0. The van der Waals surface area contributed by atoms with Crippen molar-refractivity contribution in [3.63, 3.8) is 0 Å². The van der Waals surface area contributed by atoms with Crippen molar-refractivity contribution < 1.29 is 22.7 Å². The lowest BCUT2D eigenvalue weighted by Gasteiger charge is -2.34. The molecule has 9 nitrogen and oxygen atoms in total. The minimum absolute atomic E-state index is 0.00738. The molecule has 0 radical (unpaired) electrons. The summed E-state index contributed by atoms with van der Waals surface area (Å²) in [6, 6.07) is 5.26. The van der Waals surface area contributed by atoms with Crippen molar-refractivity contribution in [2.24, 2.45) is 0 Å². The molecule has 0 bridgehead atoms. The molecule has 0 spiro atoms. The van der Waals surface area contributed by atoms with E-state index in [2.05, 4.69) is 9.55 Å². The summed E-state index contributed by atoms with van der Waals surface area (Å²) in [5, 5.41) is 0.872. The maximum atomic E-state index is 13.1. The van der Waals surface area contributed by atoms with Gasteiger partial charge in [0.2, 0.25) is 15.9 Å². The molecule has 2 aliphatic heterocycles. The molecule has 1 saturated heterocycles. The van der Waals surface area contributed by atoms with E-state index >= 15 is 0 Å². The first-order valence-electron chi connectivity index (χ1n) is 10.9. The van der Waals surface area contributed by atoms with E-state index < -0.39 is 10.0 Å². The van der Waals surface area contributed by atoms with Crippen molar-refractivity contribution in [2.75, 3.05) is 45.1 Å². The number of piperazine rings is 1. The molecule has 2 fully saturated rings. The molecular formula is C21H26N4O5S2. The Morgan fingerprint density at radius 1 is 1.09 bits per heavy atom. The molecule has 3 aliphatic rings. The second-order valence-electron chi connectivity index (χ2n) is 8.08. The van der Waals surface area contributed by atoms with Crippen molar-refractivity contribution >= 4 is 27.7 Å². The molecule has 3 heterocycles. The molecule has 1 aliphatic carbocycles. The van der Waals surface area contributed by atoms with E-state index in [-0.39, 0.29) is 23.9 Å². The monoisotopic (exact) mass is 478 g/mol. The summed E-state index contributed by atoms with van der Waals surface area (Å²) in [4.78, 5) is 19.0. The summed E-state index contributed by atoms with van der Waals surface area (Å²) in [5.41, 5.74) is 0. The number of ether oxygens (including phenoxy) is 2. The fourth-order valence-corrected chi connectivity index (χ4v) is 6.26. The average molecular weight is 479 g/mol. The van der Waals surface area contributed by atoms with Crippen molar-refractivity contribution in [1.29, 1.82) is 0 Å². The summed E-state index contributed by atoms with van der Waals surface area (Å²) in [5.74, 6) is 1.34. The number of sulfonamides is 1. The van der Waals surface area contributed by atoms with Crippen molar-refractivity contribution in [1.82, 2.24) is 18.8 Å². The number of nitrogens with zero attached hydrogens (tertiary/aromatic N) is 4. The van der Waals surface area contributed by atoms with Crippen LogP contribution in [0.15, 0.2) is 40.6 Å². The van der Waals surface area contributed by atoms with Gasteiger partial charge in [0.05, 0.1) is 23.9 Å². The summed E-state index contributed by atoms with van der Waals surface area (Å²) < 4.78 is 41.1. The quantitative estimate of drug-likeness (QED) is 0.586. The first-order valence-corrected chi connectivity index (χ1v) is 13.3. The van der Waals surface area contributed by atoms with E-state index in [1.165, 1.54) is 22.1 Å². The van der Waals surface area contributed by atoms with Gasteiger partial charge in [0.1, 0.15) is 0 Å². The van der Waals surface area contributed by atoms with Crippen molar-refractivity contribution in [2.45, 2.75) is 35.4 Å². The highest BCUT2D eigenvalue weighted by molar-refractivity contribution is 7.99. The summed E-state index contributed by atoms with van der Waals surface area (Å²) in [6.07, 6.45) is 6.82. The Morgan fingerprint density at radius 3 is 2.59 bits per heavy atom. The molecule has 0 atom stereocenters. The predicted octanol–water partition coefficient (Wildman–Crippen LogP) is 2.00. The highest BCUT2D eigenvalue weighted by atomic mass is 32.2. The fourth-order valence-electron chi connectivity index (χ4n) is 3.89. The van der Waals surface area contributed by atoms with Gasteiger partial charge in [-0.25, -0.2) is 13.4 Å². The van der Waals surface area contributed by atoms with E-state index in [1.54, 1.807) is 23.2 Å². The maximum Gasteiger partial charge on any atom is 0.243 e. The Hall–Kier alpha value is -2.24. The van der Waals surface area contributed by atoms with Gasteiger partial charge in [-0.3, -0.25) is 4.79 Å². The molecule has 0 N–H and O–H groups in total. The highest BCUT2D eigenvalue weighted by Gasteiger charge is 2.31. The van der Waals surface area contributed by atoms with Crippen LogP contribution in [-0.4, -0.2) is 78.2 Å². The molecule has 0 unspecified atom stereocenters. The maximum absolute atomic E-state index is 13.1. The van der Waals surface area contributed by atoms with Gasteiger partial charge in [-0.2, -0.15) is 4.31 Å². The lowest BCUT2D eigenvalue weighted by atomic mass is 10.3. The molecule has 11 heteroatoms. The first kappa shape index (κ1) is 21.6. The summed E-state index contributed by atoms with van der Waals surface area (Å²) >= 11 is 1.44. The lowest BCUT2D eigenvalue weighted by molar-refractivity contribution is -0.129. The normalized spacial score (nSPS) is 19.6. The number of carbonyl (C=O) groups is 1. The number of aromatic nitrogens is 2. The third-order valence-electron chi connectivity index (χ3n) is 5.85. The first-order chi connectivity index (χ1) is 15.5. The minimum atomic E-state index is -3.67. The average Bonchev–Trinajstić information content (AvgIpc) is 3.59. The Kier molecular flexibility index (Phi) is 6.04. The van der Waals surface area contributed by atoms with Gasteiger partial charge in [-0.1, -0.05) is 11.8 Å². The van der Waals surface area contributed by atoms with Crippen LogP contribution in [0.3, 0.4) is 0 Å². The number of thioether (sulfide) groups is 1. The van der Waals surface area contributed by atoms with Gasteiger partial charge in [0.25, 0.3) is 0 Å². The Balaban J connectivity index is 1.18. The van der Waals surface area contributed by atoms with Gasteiger partial charge in [-0.15, -0.1) is 0 Å². The van der Waals surface area contributed by atoms with E-state index in [9.17, 15) is 13.2 Å². The number of benzene rings is 1. The third kappa shape index (κ3) is 4.46. The molecule has 1 saturated carbocycles. The van der Waals surface area contributed by atoms with Crippen LogP contribution in [0, 0.1) is 0 Å². The lowest BCUT2D eigenvalue weighted by Crippen LogP contribution is -2.51. The third-order valence-corrected chi connectivity index (χ3v) is 8.71. The molecule has 1 amide bonds. The standard InChI is InChI=1S/C21H26N4O5S2/c26-20(15-31-21-22-6-7-25(21)16-2-3-16)23-8-10-24(11-9-23)32(27,28)17-4-5-18-19(14-17)30-13-1-12-29-18/h4-7,14,16H,1-3,8-13,15H2. The van der Waals surface area contributed by atoms with E-state index in [1.807, 2.05) is 6.20 Å². The highest BCUT2D eigenvalue weighted by Crippen LogP contribution is 2.37. The number of fused-ring (bicyclic) bond motifs is 1.